The summed E-state index contributed by atoms with van der Waals surface area (Å²) in [4.78, 5) is 27.5. The fraction of sp³-hybridized carbons (Fsp3) is 0.364. The number of nitrogens with two attached hydrogens (primary N) is 1. The molecule has 3 N–H and O–H groups in total. The molecule has 0 aliphatic heterocycles. The van der Waals surface area contributed by atoms with Crippen LogP contribution in [-0.2, 0) is 0 Å². The number of hydrogen-bond donors (Lipinski definition) is 2. The van der Waals surface area contributed by atoms with E-state index in [1.165, 1.54) is 9.58 Å². The molecule has 2 heterocycles. The van der Waals surface area contributed by atoms with Gasteiger partial charge in [-0.05, 0) is 6.07 Å². The zero-order valence-electron chi connectivity index (χ0n) is 12.3. The van der Waals surface area contributed by atoms with E-state index < -0.39 is 0 Å². The number of aromatic nitrogens is 5. The number of hydrazine groups is 1. The topological polar surface area (TPSA) is 118 Å². The number of carbonyl (C=O) groups excluding carboxylic acids is 1. The number of anilines is 2. The zero-order chi connectivity index (χ0) is 15.6. The Morgan fingerprint density at radius 3 is 2.52 bits per heavy atom. The van der Waals surface area contributed by atoms with E-state index in [0.29, 0.717) is 11.6 Å². The van der Waals surface area contributed by atoms with Crippen LogP contribution in [0.1, 0.15) is 10.5 Å². The van der Waals surface area contributed by atoms with Crippen molar-refractivity contribution in [2.24, 2.45) is 5.84 Å². The molecule has 0 aromatic carbocycles. The third kappa shape index (κ3) is 3.05. The van der Waals surface area contributed by atoms with Crippen molar-refractivity contribution in [3.05, 3.63) is 18.0 Å². The second-order valence-corrected chi connectivity index (χ2v) is 4.64. The largest absolute Gasteiger partial charge is 0.347 e. The van der Waals surface area contributed by atoms with Crippen LogP contribution in [0.5, 0.6) is 0 Å². The highest BCUT2D eigenvalue weighted by molar-refractivity contribution is 5.91. The van der Waals surface area contributed by atoms with Gasteiger partial charge in [0.1, 0.15) is 0 Å². The average molecular weight is 291 g/mol. The molecule has 10 nitrogen and oxygen atoms in total. The Balaban J connectivity index is 2.42. The molecule has 112 valence electrons. The van der Waals surface area contributed by atoms with Gasteiger partial charge in [0.05, 0.1) is 0 Å². The lowest BCUT2D eigenvalue weighted by Gasteiger charge is -2.12. The minimum absolute atomic E-state index is 0.201. The first-order chi connectivity index (χ1) is 9.92. The molecule has 0 fully saturated rings. The molecule has 2 rings (SSSR count). The van der Waals surface area contributed by atoms with E-state index in [9.17, 15) is 4.79 Å². The van der Waals surface area contributed by atoms with Gasteiger partial charge in [0.2, 0.25) is 11.9 Å². The molecule has 2 aromatic rings. The van der Waals surface area contributed by atoms with Crippen LogP contribution < -0.4 is 16.2 Å². The minimum atomic E-state index is -0.201. The van der Waals surface area contributed by atoms with Gasteiger partial charge in [0, 0.05) is 34.4 Å². The lowest BCUT2D eigenvalue weighted by Crippen LogP contribution is -2.22. The molecule has 0 aliphatic carbocycles. The van der Waals surface area contributed by atoms with E-state index in [4.69, 9.17) is 5.84 Å². The Morgan fingerprint density at radius 1 is 1.24 bits per heavy atom. The van der Waals surface area contributed by atoms with E-state index in [1.54, 1.807) is 45.4 Å². The van der Waals surface area contributed by atoms with Gasteiger partial charge >= 0.3 is 0 Å². The monoisotopic (exact) mass is 291 g/mol. The number of rotatable bonds is 4. The predicted octanol–water partition coefficient (Wildman–Crippen LogP) is -0.889. The van der Waals surface area contributed by atoms with E-state index in [-0.39, 0.29) is 17.8 Å². The highest BCUT2D eigenvalue weighted by Gasteiger charge is 2.14. The Morgan fingerprint density at radius 2 is 1.95 bits per heavy atom. The molecule has 0 unspecified atom stereocenters. The molecular weight excluding hydrogens is 274 g/mol. The van der Waals surface area contributed by atoms with Crippen LogP contribution in [0.15, 0.2) is 12.3 Å². The lowest BCUT2D eigenvalue weighted by molar-refractivity contribution is 0.0821. The summed E-state index contributed by atoms with van der Waals surface area (Å²) in [7, 11) is 6.91. The fourth-order valence-electron chi connectivity index (χ4n) is 1.50. The second-order valence-electron chi connectivity index (χ2n) is 4.64. The first-order valence-electron chi connectivity index (χ1n) is 6.10. The van der Waals surface area contributed by atoms with Crippen molar-refractivity contribution >= 4 is 17.8 Å². The summed E-state index contributed by atoms with van der Waals surface area (Å²) >= 11 is 0. The lowest BCUT2D eigenvalue weighted by atomic mass is 10.4. The van der Waals surface area contributed by atoms with Gasteiger partial charge in [-0.2, -0.15) is 20.1 Å². The smallest absolute Gasteiger partial charge is 0.273 e. The number of nitrogens with zero attached hydrogens (tertiary/aromatic N) is 7. The molecular formula is C11H17N9O. The van der Waals surface area contributed by atoms with Crippen molar-refractivity contribution in [1.29, 1.82) is 0 Å². The van der Waals surface area contributed by atoms with Crippen LogP contribution in [0.3, 0.4) is 0 Å². The van der Waals surface area contributed by atoms with Crippen LogP contribution >= 0.6 is 0 Å². The summed E-state index contributed by atoms with van der Waals surface area (Å²) < 4.78 is 1.40. The third-order valence-corrected chi connectivity index (χ3v) is 2.56. The molecule has 21 heavy (non-hydrogen) atoms. The summed E-state index contributed by atoms with van der Waals surface area (Å²) in [6, 6.07) is 1.59. The minimum Gasteiger partial charge on any atom is -0.347 e. The Hall–Kier alpha value is -2.75. The summed E-state index contributed by atoms with van der Waals surface area (Å²) in [5.74, 6) is 6.04. The molecule has 0 saturated heterocycles. The average Bonchev–Trinajstić information content (AvgIpc) is 2.95. The standard InChI is InChI=1S/C11H17N9O/c1-18(2)8(21)7-5-6-20(17-7)11-14-9(16-12)13-10(15-11)19(3)4/h5-6H,12H2,1-4H3,(H,13,14,15,16). The Labute approximate surface area is 121 Å². The zero-order valence-corrected chi connectivity index (χ0v) is 12.3. The number of carbonyl (C=O) groups is 1. The van der Waals surface area contributed by atoms with Crippen LogP contribution in [0.2, 0.25) is 0 Å². The fourth-order valence-corrected chi connectivity index (χ4v) is 1.50. The molecule has 2 aromatic heterocycles. The van der Waals surface area contributed by atoms with Crippen molar-refractivity contribution in [3.63, 3.8) is 0 Å². The van der Waals surface area contributed by atoms with Gasteiger partial charge in [-0.15, -0.1) is 0 Å². The number of amides is 1. The molecule has 10 heteroatoms. The first-order valence-corrected chi connectivity index (χ1v) is 6.10. The van der Waals surface area contributed by atoms with Crippen LogP contribution in [0.4, 0.5) is 11.9 Å². The normalized spacial score (nSPS) is 10.3. The van der Waals surface area contributed by atoms with Crippen molar-refractivity contribution in [2.75, 3.05) is 38.5 Å². The number of nitrogen functional groups attached to an aromatic ring is 1. The van der Waals surface area contributed by atoms with E-state index in [2.05, 4.69) is 25.5 Å². The summed E-state index contributed by atoms with van der Waals surface area (Å²) in [5, 5.41) is 4.16. The number of nitrogens with one attached hydrogen (secondary N) is 1. The van der Waals surface area contributed by atoms with Gasteiger partial charge in [-0.25, -0.2) is 10.5 Å². The summed E-state index contributed by atoms with van der Waals surface area (Å²) in [6.07, 6.45) is 1.60. The summed E-state index contributed by atoms with van der Waals surface area (Å²) in [6.45, 7) is 0. The number of hydrogen-bond acceptors (Lipinski definition) is 8. The van der Waals surface area contributed by atoms with E-state index in [0.717, 1.165) is 0 Å². The van der Waals surface area contributed by atoms with Crippen LogP contribution in [-0.4, -0.2) is 63.7 Å². The maximum absolute atomic E-state index is 11.8. The molecule has 0 radical (unpaired) electrons. The van der Waals surface area contributed by atoms with Gasteiger partial charge < -0.3 is 9.80 Å². The Kier molecular flexibility index (Phi) is 3.98. The molecule has 0 aliphatic rings. The van der Waals surface area contributed by atoms with Gasteiger partial charge in [0.25, 0.3) is 11.9 Å². The summed E-state index contributed by atoms with van der Waals surface area (Å²) in [5.41, 5.74) is 2.68. The highest BCUT2D eigenvalue weighted by Crippen LogP contribution is 2.11. The van der Waals surface area contributed by atoms with Crippen molar-refractivity contribution in [1.82, 2.24) is 29.6 Å². The Bertz CT molecular complexity index is 649. The molecule has 0 bridgehead atoms. The van der Waals surface area contributed by atoms with Crippen molar-refractivity contribution < 1.29 is 4.79 Å². The quantitative estimate of drug-likeness (QED) is 0.550. The van der Waals surface area contributed by atoms with Crippen LogP contribution in [0, 0.1) is 0 Å². The SMILES string of the molecule is CN(C)C(=O)c1ccn(-c2nc(NN)nc(N(C)C)n2)n1. The maximum atomic E-state index is 11.8. The third-order valence-electron chi connectivity index (χ3n) is 2.56. The van der Waals surface area contributed by atoms with Gasteiger partial charge in [-0.1, -0.05) is 0 Å². The molecule has 0 atom stereocenters. The van der Waals surface area contributed by atoms with Gasteiger partial charge in [0.15, 0.2) is 5.69 Å². The van der Waals surface area contributed by atoms with Crippen molar-refractivity contribution in [3.8, 4) is 5.95 Å². The molecule has 0 saturated carbocycles. The molecule has 0 spiro atoms. The highest BCUT2D eigenvalue weighted by atomic mass is 16.2. The predicted molar refractivity (Wildman–Crippen MR) is 77.1 cm³/mol. The van der Waals surface area contributed by atoms with E-state index >= 15 is 0 Å². The maximum Gasteiger partial charge on any atom is 0.273 e. The second kappa shape index (κ2) is 5.71. The molecule has 1 amide bonds. The first kappa shape index (κ1) is 14.7. The van der Waals surface area contributed by atoms with Crippen molar-refractivity contribution in [2.45, 2.75) is 0 Å². The van der Waals surface area contributed by atoms with Gasteiger partial charge in [-0.3, -0.25) is 10.2 Å². The van der Waals surface area contributed by atoms with E-state index in [1.807, 2.05) is 0 Å². The van der Waals surface area contributed by atoms with Crippen LogP contribution in [0.25, 0.3) is 5.95 Å².